The van der Waals surface area contributed by atoms with Crippen molar-refractivity contribution in [2.75, 3.05) is 0 Å². The lowest BCUT2D eigenvalue weighted by atomic mass is 10.0. The van der Waals surface area contributed by atoms with Gasteiger partial charge >= 0.3 is 0 Å². The molecule has 0 unspecified atom stereocenters. The van der Waals surface area contributed by atoms with Gasteiger partial charge in [0, 0.05) is 18.0 Å². The van der Waals surface area contributed by atoms with E-state index in [0.29, 0.717) is 0 Å². The first-order valence-electron chi connectivity index (χ1n) is 7.97. The van der Waals surface area contributed by atoms with Crippen molar-refractivity contribution in [2.45, 2.75) is 32.9 Å². The zero-order chi connectivity index (χ0) is 17.1. The maximum Gasteiger partial charge on any atom is 0.249 e. The van der Waals surface area contributed by atoms with Gasteiger partial charge in [-0.3, -0.25) is 9.48 Å². The molecule has 0 aliphatic heterocycles. The number of aromatic nitrogens is 2. The molecule has 0 saturated carbocycles. The first kappa shape index (κ1) is 16.1. The molecule has 0 spiro atoms. The van der Waals surface area contributed by atoms with Gasteiger partial charge in [0.25, 0.3) is 0 Å². The highest BCUT2D eigenvalue weighted by atomic mass is 16.3. The maximum absolute atomic E-state index is 12.9. The average Bonchev–Trinajstić information content (AvgIpc) is 3.18. The molecular formula is C19H21N3O2. The molecule has 0 saturated heterocycles. The van der Waals surface area contributed by atoms with Crippen molar-refractivity contribution >= 4 is 5.91 Å². The summed E-state index contributed by atoms with van der Waals surface area (Å²) in [4.78, 5) is 12.9. The van der Waals surface area contributed by atoms with E-state index in [0.717, 1.165) is 22.6 Å². The van der Waals surface area contributed by atoms with E-state index in [1.807, 2.05) is 63.2 Å². The zero-order valence-corrected chi connectivity index (χ0v) is 14.1. The summed E-state index contributed by atoms with van der Waals surface area (Å²) in [6.07, 6.45) is 3.48. The molecule has 2 heterocycles. The molecule has 0 fully saturated rings. The van der Waals surface area contributed by atoms with Crippen LogP contribution in [0.3, 0.4) is 0 Å². The van der Waals surface area contributed by atoms with Gasteiger partial charge in [0.1, 0.15) is 11.5 Å². The highest BCUT2D eigenvalue weighted by Crippen LogP contribution is 2.23. The second-order valence-corrected chi connectivity index (χ2v) is 5.90. The lowest BCUT2D eigenvalue weighted by Gasteiger charge is -2.21. The van der Waals surface area contributed by atoms with Crippen LogP contribution in [-0.2, 0) is 4.79 Å². The van der Waals surface area contributed by atoms with Gasteiger partial charge in [-0.05, 0) is 38.5 Å². The Balaban J connectivity index is 1.86. The fourth-order valence-electron chi connectivity index (χ4n) is 2.94. The summed E-state index contributed by atoms with van der Waals surface area (Å²) in [5, 5.41) is 7.33. The van der Waals surface area contributed by atoms with E-state index in [1.54, 1.807) is 17.1 Å². The molecule has 1 N–H and O–H groups in total. The van der Waals surface area contributed by atoms with Crippen LogP contribution in [0.25, 0.3) is 0 Å². The number of furan rings is 1. The van der Waals surface area contributed by atoms with Crippen molar-refractivity contribution in [3.05, 3.63) is 77.5 Å². The lowest BCUT2D eigenvalue weighted by molar-refractivity contribution is -0.124. The van der Waals surface area contributed by atoms with Crippen LogP contribution in [0.15, 0.2) is 59.3 Å². The predicted octanol–water partition coefficient (Wildman–Crippen LogP) is 3.56. The molecule has 2 aromatic heterocycles. The topological polar surface area (TPSA) is 60.1 Å². The van der Waals surface area contributed by atoms with Crippen LogP contribution in [0.5, 0.6) is 0 Å². The zero-order valence-electron chi connectivity index (χ0n) is 14.1. The third-order valence-electron chi connectivity index (χ3n) is 4.06. The minimum Gasteiger partial charge on any atom is -0.466 e. The van der Waals surface area contributed by atoms with E-state index >= 15 is 0 Å². The summed E-state index contributed by atoms with van der Waals surface area (Å²) in [5.41, 5.74) is 1.89. The van der Waals surface area contributed by atoms with Crippen molar-refractivity contribution in [1.29, 1.82) is 0 Å². The number of benzene rings is 1. The number of nitrogens with zero attached hydrogens (tertiary/aromatic N) is 2. The minimum atomic E-state index is -0.503. The number of aryl methyl sites for hydroxylation is 2. The molecular weight excluding hydrogens is 302 g/mol. The summed E-state index contributed by atoms with van der Waals surface area (Å²) < 4.78 is 7.24. The van der Waals surface area contributed by atoms with Gasteiger partial charge in [-0.25, -0.2) is 0 Å². The van der Waals surface area contributed by atoms with Crippen LogP contribution in [0.4, 0.5) is 0 Å². The smallest absolute Gasteiger partial charge is 0.249 e. The number of hydrogen-bond acceptors (Lipinski definition) is 3. The highest BCUT2D eigenvalue weighted by molar-refractivity contribution is 5.83. The molecule has 1 aromatic carbocycles. The Morgan fingerprint density at radius 1 is 1.21 bits per heavy atom. The van der Waals surface area contributed by atoms with E-state index < -0.39 is 6.04 Å². The van der Waals surface area contributed by atoms with E-state index in [2.05, 4.69) is 10.4 Å². The Hall–Kier alpha value is -2.82. The van der Waals surface area contributed by atoms with Crippen LogP contribution in [0.2, 0.25) is 0 Å². The van der Waals surface area contributed by atoms with Crippen LogP contribution in [0, 0.1) is 13.8 Å². The fraction of sp³-hybridized carbons (Fsp3) is 0.263. The lowest BCUT2D eigenvalue weighted by Crippen LogP contribution is -2.35. The molecule has 3 rings (SSSR count). The van der Waals surface area contributed by atoms with E-state index in [-0.39, 0.29) is 11.9 Å². The monoisotopic (exact) mass is 323 g/mol. The van der Waals surface area contributed by atoms with E-state index in [1.165, 1.54) is 0 Å². The molecule has 0 aliphatic carbocycles. The normalized spacial score (nSPS) is 13.5. The van der Waals surface area contributed by atoms with Crippen molar-refractivity contribution in [3.8, 4) is 0 Å². The fourth-order valence-corrected chi connectivity index (χ4v) is 2.94. The van der Waals surface area contributed by atoms with Gasteiger partial charge in [-0.15, -0.1) is 0 Å². The highest BCUT2D eigenvalue weighted by Gasteiger charge is 2.25. The first-order valence-corrected chi connectivity index (χ1v) is 7.97. The Kier molecular flexibility index (Phi) is 4.51. The van der Waals surface area contributed by atoms with Crippen LogP contribution >= 0.6 is 0 Å². The van der Waals surface area contributed by atoms with Crippen LogP contribution < -0.4 is 5.32 Å². The van der Waals surface area contributed by atoms with Crippen molar-refractivity contribution < 1.29 is 9.21 Å². The van der Waals surface area contributed by atoms with Gasteiger partial charge < -0.3 is 9.73 Å². The predicted molar refractivity (Wildman–Crippen MR) is 91.5 cm³/mol. The summed E-state index contributed by atoms with van der Waals surface area (Å²) in [5.74, 6) is 1.57. The van der Waals surface area contributed by atoms with Gasteiger partial charge in [0.15, 0.2) is 6.04 Å². The minimum absolute atomic E-state index is 0.101. The summed E-state index contributed by atoms with van der Waals surface area (Å²) >= 11 is 0. The summed E-state index contributed by atoms with van der Waals surface area (Å²) in [7, 11) is 0. The third kappa shape index (κ3) is 3.25. The standard InChI is InChI=1S/C19H21N3O2/c1-13-12-17(15(3)24-13)14(2)21-19(23)18(22-11-7-10-20-22)16-8-5-4-6-9-16/h4-12,14,18H,1-3H3,(H,21,23)/t14-,18+/m1/s1. The Labute approximate surface area is 141 Å². The van der Waals surface area contributed by atoms with E-state index in [4.69, 9.17) is 4.42 Å². The molecule has 3 aromatic rings. The number of hydrogen-bond donors (Lipinski definition) is 1. The average molecular weight is 323 g/mol. The maximum atomic E-state index is 12.9. The molecule has 124 valence electrons. The molecule has 1 amide bonds. The first-order chi connectivity index (χ1) is 11.6. The number of carbonyl (C=O) groups excluding carboxylic acids is 1. The molecule has 5 heteroatoms. The third-order valence-corrected chi connectivity index (χ3v) is 4.06. The largest absolute Gasteiger partial charge is 0.466 e. The molecule has 0 radical (unpaired) electrons. The summed E-state index contributed by atoms with van der Waals surface area (Å²) in [6.45, 7) is 5.77. The van der Waals surface area contributed by atoms with Gasteiger partial charge in [0.2, 0.25) is 5.91 Å². The van der Waals surface area contributed by atoms with Gasteiger partial charge in [0.05, 0.1) is 6.04 Å². The Bertz CT molecular complexity index is 807. The number of rotatable bonds is 5. The van der Waals surface area contributed by atoms with Crippen molar-refractivity contribution in [3.63, 3.8) is 0 Å². The Morgan fingerprint density at radius 3 is 2.54 bits per heavy atom. The molecule has 2 atom stereocenters. The second-order valence-electron chi connectivity index (χ2n) is 5.90. The number of carbonyl (C=O) groups is 1. The SMILES string of the molecule is Cc1cc([C@@H](C)NC(=O)[C@H](c2ccccc2)n2cccn2)c(C)o1. The molecule has 5 nitrogen and oxygen atoms in total. The van der Waals surface area contributed by atoms with Crippen molar-refractivity contribution in [2.24, 2.45) is 0 Å². The summed E-state index contributed by atoms with van der Waals surface area (Å²) in [6, 6.07) is 12.8. The molecule has 24 heavy (non-hydrogen) atoms. The number of nitrogens with one attached hydrogen (secondary N) is 1. The Morgan fingerprint density at radius 2 is 1.96 bits per heavy atom. The van der Waals surface area contributed by atoms with Gasteiger partial charge in [-0.1, -0.05) is 30.3 Å². The second kappa shape index (κ2) is 6.74. The number of amides is 1. The molecule has 0 aliphatic rings. The van der Waals surface area contributed by atoms with Crippen LogP contribution in [-0.4, -0.2) is 15.7 Å². The van der Waals surface area contributed by atoms with Crippen molar-refractivity contribution in [1.82, 2.24) is 15.1 Å². The van der Waals surface area contributed by atoms with Crippen LogP contribution in [0.1, 0.15) is 41.7 Å². The quantitative estimate of drug-likeness (QED) is 0.781. The van der Waals surface area contributed by atoms with E-state index in [9.17, 15) is 4.79 Å². The molecule has 0 bridgehead atoms. The van der Waals surface area contributed by atoms with Gasteiger partial charge in [-0.2, -0.15) is 5.10 Å².